The molecule has 2 heterocycles. The molecule has 150 valence electrons. The summed E-state index contributed by atoms with van der Waals surface area (Å²) in [6.07, 6.45) is -7.94. The number of likely N-dealkylation sites (tertiary alicyclic amines) is 1. The van der Waals surface area contributed by atoms with Gasteiger partial charge in [0.25, 0.3) is 5.91 Å². The van der Waals surface area contributed by atoms with Gasteiger partial charge in [0.05, 0.1) is 6.20 Å². The summed E-state index contributed by atoms with van der Waals surface area (Å²) in [7, 11) is 0. The second-order valence-corrected chi connectivity index (χ2v) is 6.35. The van der Waals surface area contributed by atoms with E-state index in [-0.39, 0.29) is 5.56 Å². The van der Waals surface area contributed by atoms with E-state index in [0.717, 1.165) is 0 Å². The average Bonchev–Trinajstić information content (AvgIpc) is 3.09. The highest BCUT2D eigenvalue weighted by atomic mass is 19.4. The molecule has 11 heteroatoms. The van der Waals surface area contributed by atoms with E-state index in [1.807, 2.05) is 0 Å². The van der Waals surface area contributed by atoms with E-state index in [1.165, 1.54) is 36.8 Å². The van der Waals surface area contributed by atoms with Crippen molar-refractivity contribution in [2.24, 2.45) is 5.41 Å². The molecule has 1 aliphatic heterocycles. The van der Waals surface area contributed by atoms with Gasteiger partial charge in [-0.2, -0.15) is 26.3 Å². The monoisotopic (exact) mass is 404 g/mol. The number of alkyl halides is 6. The summed E-state index contributed by atoms with van der Waals surface area (Å²) >= 11 is 0. The fourth-order valence-corrected chi connectivity index (χ4v) is 3.03. The topological polar surface area (TPSA) is 58.1 Å². The van der Waals surface area contributed by atoms with Crippen LogP contribution in [0.4, 0.5) is 37.8 Å². The van der Waals surface area contributed by atoms with Crippen LogP contribution in [0.2, 0.25) is 0 Å². The Bertz CT molecular complexity index is 839. The molecule has 0 radical (unpaired) electrons. The summed E-state index contributed by atoms with van der Waals surface area (Å²) in [5.41, 5.74) is -3.55. The van der Waals surface area contributed by atoms with E-state index in [2.05, 4.69) is 15.3 Å². The number of anilines is 2. The van der Waals surface area contributed by atoms with Crippen LogP contribution in [0.3, 0.4) is 0 Å². The van der Waals surface area contributed by atoms with Gasteiger partial charge in [-0.15, -0.1) is 0 Å². The van der Waals surface area contributed by atoms with Crippen molar-refractivity contribution in [3.63, 3.8) is 0 Å². The Kier molecular flexibility index (Phi) is 4.94. The molecule has 0 spiro atoms. The Morgan fingerprint density at radius 3 is 2.39 bits per heavy atom. The van der Waals surface area contributed by atoms with Gasteiger partial charge in [-0.05, 0) is 24.6 Å². The minimum atomic E-state index is -5.50. The second-order valence-electron chi connectivity index (χ2n) is 6.35. The van der Waals surface area contributed by atoms with Crippen molar-refractivity contribution >= 4 is 17.4 Å². The molecule has 1 N–H and O–H groups in total. The molecule has 1 saturated heterocycles. The SMILES string of the molecule is O=C(c1cccc(Nc2cnccn2)c1)N1CCC(C(F)(F)F)(C(F)(F)F)C1. The van der Waals surface area contributed by atoms with Gasteiger partial charge in [-0.1, -0.05) is 6.07 Å². The Hall–Kier alpha value is -2.85. The first-order valence-corrected chi connectivity index (χ1v) is 8.09. The number of amides is 1. The predicted molar refractivity (Wildman–Crippen MR) is 86.8 cm³/mol. The Morgan fingerprint density at radius 2 is 1.82 bits per heavy atom. The number of nitrogens with one attached hydrogen (secondary N) is 1. The van der Waals surface area contributed by atoms with E-state index < -0.39 is 43.2 Å². The van der Waals surface area contributed by atoms with Crippen LogP contribution in [0.15, 0.2) is 42.9 Å². The highest BCUT2D eigenvalue weighted by molar-refractivity contribution is 5.95. The lowest BCUT2D eigenvalue weighted by Gasteiger charge is -2.33. The van der Waals surface area contributed by atoms with E-state index in [9.17, 15) is 31.1 Å². The molecule has 28 heavy (non-hydrogen) atoms. The molecule has 0 aliphatic carbocycles. The zero-order valence-electron chi connectivity index (χ0n) is 14.2. The number of rotatable bonds is 3. The van der Waals surface area contributed by atoms with Gasteiger partial charge in [0.15, 0.2) is 5.41 Å². The average molecular weight is 404 g/mol. The third-order valence-corrected chi connectivity index (χ3v) is 4.59. The van der Waals surface area contributed by atoms with Crippen molar-refractivity contribution in [1.82, 2.24) is 14.9 Å². The first-order chi connectivity index (χ1) is 13.0. The Morgan fingerprint density at radius 1 is 1.11 bits per heavy atom. The Balaban J connectivity index is 1.81. The molecule has 5 nitrogen and oxygen atoms in total. The summed E-state index contributed by atoms with van der Waals surface area (Å²) in [5, 5.41) is 2.85. The molecular weight excluding hydrogens is 390 g/mol. The maximum absolute atomic E-state index is 13.2. The largest absolute Gasteiger partial charge is 0.404 e. The lowest BCUT2D eigenvalue weighted by molar-refractivity contribution is -0.334. The number of aromatic nitrogens is 2. The van der Waals surface area contributed by atoms with E-state index in [1.54, 1.807) is 6.07 Å². The molecule has 1 amide bonds. The highest BCUT2D eigenvalue weighted by Gasteiger charge is 2.72. The number of nitrogens with zero attached hydrogens (tertiary/aromatic N) is 3. The van der Waals surface area contributed by atoms with Gasteiger partial charge < -0.3 is 10.2 Å². The molecule has 0 unspecified atom stereocenters. The van der Waals surface area contributed by atoms with Gasteiger partial charge in [0, 0.05) is 36.7 Å². The van der Waals surface area contributed by atoms with Crippen LogP contribution in [-0.4, -0.2) is 46.2 Å². The lowest BCUT2D eigenvalue weighted by atomic mass is 9.85. The lowest BCUT2D eigenvalue weighted by Crippen LogP contribution is -2.52. The molecule has 1 fully saturated rings. The van der Waals surface area contributed by atoms with Crippen LogP contribution in [0.25, 0.3) is 0 Å². The number of carbonyl (C=O) groups excluding carboxylic acids is 1. The van der Waals surface area contributed by atoms with Crippen molar-refractivity contribution in [3.8, 4) is 0 Å². The van der Waals surface area contributed by atoms with Crippen LogP contribution >= 0.6 is 0 Å². The maximum atomic E-state index is 13.2. The number of benzene rings is 1. The van der Waals surface area contributed by atoms with Crippen molar-refractivity contribution in [2.75, 3.05) is 18.4 Å². The number of hydrogen-bond acceptors (Lipinski definition) is 4. The fraction of sp³-hybridized carbons (Fsp3) is 0.353. The maximum Gasteiger partial charge on any atom is 0.404 e. The number of hydrogen-bond donors (Lipinski definition) is 1. The van der Waals surface area contributed by atoms with Crippen LogP contribution < -0.4 is 5.32 Å². The van der Waals surface area contributed by atoms with Crippen LogP contribution in [0.5, 0.6) is 0 Å². The highest BCUT2D eigenvalue weighted by Crippen LogP contribution is 2.55. The molecule has 1 aliphatic rings. The van der Waals surface area contributed by atoms with Gasteiger partial charge in [0.1, 0.15) is 5.82 Å². The third-order valence-electron chi connectivity index (χ3n) is 4.59. The van der Waals surface area contributed by atoms with Gasteiger partial charge >= 0.3 is 12.4 Å². The predicted octanol–water partition coefficient (Wildman–Crippen LogP) is 4.18. The summed E-state index contributed by atoms with van der Waals surface area (Å²) < 4.78 is 79.1. The van der Waals surface area contributed by atoms with Crippen LogP contribution in [0.1, 0.15) is 16.8 Å². The van der Waals surface area contributed by atoms with E-state index >= 15 is 0 Å². The van der Waals surface area contributed by atoms with Crippen molar-refractivity contribution < 1.29 is 31.1 Å². The summed E-state index contributed by atoms with van der Waals surface area (Å²) in [6.45, 7) is -2.10. The smallest absolute Gasteiger partial charge is 0.339 e. The number of carbonyl (C=O) groups is 1. The quantitative estimate of drug-likeness (QED) is 0.780. The third kappa shape index (κ3) is 3.60. The molecule has 1 aromatic heterocycles. The molecule has 0 atom stereocenters. The molecule has 1 aromatic carbocycles. The summed E-state index contributed by atoms with van der Waals surface area (Å²) in [4.78, 5) is 20.9. The van der Waals surface area contributed by atoms with Crippen molar-refractivity contribution in [3.05, 3.63) is 48.4 Å². The second kappa shape index (κ2) is 6.95. The Labute approximate surface area is 155 Å². The zero-order chi connectivity index (χ0) is 20.6. The minimum Gasteiger partial charge on any atom is -0.339 e. The normalized spacial score (nSPS) is 16.9. The summed E-state index contributed by atoms with van der Waals surface area (Å²) in [5.74, 6) is -0.542. The fourth-order valence-electron chi connectivity index (χ4n) is 3.03. The first kappa shape index (κ1) is 19.9. The van der Waals surface area contributed by atoms with E-state index in [0.29, 0.717) is 16.4 Å². The van der Waals surface area contributed by atoms with Crippen molar-refractivity contribution in [2.45, 2.75) is 18.8 Å². The molecule has 3 rings (SSSR count). The van der Waals surface area contributed by atoms with Crippen molar-refractivity contribution in [1.29, 1.82) is 0 Å². The van der Waals surface area contributed by atoms with Crippen LogP contribution in [-0.2, 0) is 0 Å². The molecular formula is C17H14F6N4O. The first-order valence-electron chi connectivity index (χ1n) is 8.09. The van der Waals surface area contributed by atoms with Gasteiger partial charge in [-0.25, -0.2) is 4.98 Å². The van der Waals surface area contributed by atoms with Gasteiger partial charge in [-0.3, -0.25) is 9.78 Å². The molecule has 0 bridgehead atoms. The summed E-state index contributed by atoms with van der Waals surface area (Å²) in [6, 6.07) is 5.69. The molecule has 0 saturated carbocycles. The minimum absolute atomic E-state index is 0.0333. The zero-order valence-corrected chi connectivity index (χ0v) is 14.2. The van der Waals surface area contributed by atoms with E-state index in [4.69, 9.17) is 0 Å². The number of halogens is 6. The standard InChI is InChI=1S/C17H14F6N4O/c18-16(19,20)15(17(21,22)23)4-7-27(10-15)14(28)11-2-1-3-12(8-11)26-13-9-24-5-6-25-13/h1-3,5-6,8-9H,4,7,10H2,(H,25,26). The molecule has 2 aromatic rings. The van der Waals surface area contributed by atoms with Gasteiger partial charge in [0.2, 0.25) is 0 Å². The van der Waals surface area contributed by atoms with Crippen LogP contribution in [0, 0.1) is 5.41 Å².